The third-order valence-corrected chi connectivity index (χ3v) is 3.00. The van der Waals surface area contributed by atoms with Crippen LogP contribution >= 0.6 is 11.6 Å². The molecule has 0 aliphatic heterocycles. The molecule has 0 N–H and O–H groups in total. The smallest absolute Gasteiger partial charge is 0.333 e. The quantitative estimate of drug-likeness (QED) is 0.791. The van der Waals surface area contributed by atoms with E-state index < -0.39 is 12.7 Å². The summed E-state index contributed by atoms with van der Waals surface area (Å²) in [5.41, 5.74) is 1.55. The minimum absolute atomic E-state index is 0.0112. The molecule has 92 valence electrons. The van der Waals surface area contributed by atoms with E-state index in [1.165, 1.54) is 6.20 Å². The summed E-state index contributed by atoms with van der Waals surface area (Å²) in [5.74, 6) is 0. The van der Waals surface area contributed by atoms with Gasteiger partial charge in [-0.1, -0.05) is 11.6 Å². The first-order valence-electron chi connectivity index (χ1n) is 4.84. The van der Waals surface area contributed by atoms with Crippen molar-refractivity contribution >= 4 is 22.5 Å². The van der Waals surface area contributed by atoms with Crippen molar-refractivity contribution in [2.45, 2.75) is 26.6 Å². The van der Waals surface area contributed by atoms with Crippen LogP contribution in [0.15, 0.2) is 6.20 Å². The third kappa shape index (κ3) is 2.09. The van der Waals surface area contributed by atoms with Gasteiger partial charge in [0.15, 0.2) is 5.15 Å². The standard InChI is InChI=1S/C10H9ClF3N3/c1-5-6(2)17(4-10(12,13)14)8-7(5)3-15-16-9(8)11/h3H,4H2,1-2H3. The van der Waals surface area contributed by atoms with Crippen LogP contribution in [0.5, 0.6) is 0 Å². The van der Waals surface area contributed by atoms with Gasteiger partial charge in [0.05, 0.1) is 11.7 Å². The van der Waals surface area contributed by atoms with Crippen molar-refractivity contribution in [2.24, 2.45) is 0 Å². The number of rotatable bonds is 1. The van der Waals surface area contributed by atoms with Gasteiger partial charge in [-0.15, -0.1) is 5.10 Å². The van der Waals surface area contributed by atoms with Crippen molar-refractivity contribution in [3.63, 3.8) is 0 Å². The Hall–Kier alpha value is -1.30. The number of fused-ring (bicyclic) bond motifs is 1. The highest BCUT2D eigenvalue weighted by atomic mass is 35.5. The molecule has 0 aromatic carbocycles. The number of halogens is 4. The Bertz CT molecular complexity index is 574. The summed E-state index contributed by atoms with van der Waals surface area (Å²) in [4.78, 5) is 0. The first-order chi connectivity index (χ1) is 7.81. The number of hydrogen-bond acceptors (Lipinski definition) is 2. The Balaban J connectivity index is 2.74. The van der Waals surface area contributed by atoms with Crippen molar-refractivity contribution in [1.82, 2.24) is 14.8 Å². The summed E-state index contributed by atoms with van der Waals surface area (Å²) in [6.45, 7) is 2.29. The average Bonchev–Trinajstić information content (AvgIpc) is 2.43. The Labute approximate surface area is 100 Å². The lowest BCUT2D eigenvalue weighted by Crippen LogP contribution is -2.18. The SMILES string of the molecule is Cc1c(C)n(CC(F)(F)F)c2c(Cl)nncc12. The summed E-state index contributed by atoms with van der Waals surface area (Å²) in [6, 6.07) is 0. The summed E-state index contributed by atoms with van der Waals surface area (Å²) < 4.78 is 38.6. The van der Waals surface area contributed by atoms with E-state index in [1.807, 2.05) is 0 Å². The molecule has 2 rings (SSSR count). The largest absolute Gasteiger partial charge is 0.406 e. The van der Waals surface area contributed by atoms with Crippen LogP contribution in [-0.2, 0) is 6.54 Å². The molecule has 0 radical (unpaired) electrons. The molecule has 0 spiro atoms. The van der Waals surface area contributed by atoms with Crippen LogP contribution in [0.4, 0.5) is 13.2 Å². The van der Waals surface area contributed by atoms with Crippen molar-refractivity contribution in [2.75, 3.05) is 0 Å². The zero-order valence-corrected chi connectivity index (χ0v) is 9.89. The van der Waals surface area contributed by atoms with E-state index in [2.05, 4.69) is 10.2 Å². The van der Waals surface area contributed by atoms with Crippen molar-refractivity contribution < 1.29 is 13.2 Å². The highest BCUT2D eigenvalue weighted by molar-refractivity contribution is 6.33. The maximum atomic E-state index is 12.5. The zero-order chi connectivity index (χ0) is 12.8. The van der Waals surface area contributed by atoms with E-state index >= 15 is 0 Å². The monoisotopic (exact) mass is 263 g/mol. The van der Waals surface area contributed by atoms with Crippen molar-refractivity contribution in [3.8, 4) is 0 Å². The molecule has 0 bridgehead atoms. The van der Waals surface area contributed by atoms with Crippen LogP contribution < -0.4 is 0 Å². The number of aryl methyl sites for hydroxylation is 1. The molecule has 0 fully saturated rings. The molecule has 2 aromatic heterocycles. The Morgan fingerprint density at radius 2 is 2.00 bits per heavy atom. The van der Waals surface area contributed by atoms with Gasteiger partial charge in [-0.05, 0) is 19.4 Å². The van der Waals surface area contributed by atoms with E-state index in [0.717, 1.165) is 10.1 Å². The van der Waals surface area contributed by atoms with Crippen molar-refractivity contribution in [3.05, 3.63) is 22.6 Å². The molecule has 3 nitrogen and oxygen atoms in total. The number of aromatic nitrogens is 3. The van der Waals surface area contributed by atoms with E-state index in [0.29, 0.717) is 11.1 Å². The van der Waals surface area contributed by atoms with Gasteiger partial charge in [0, 0.05) is 11.1 Å². The highest BCUT2D eigenvalue weighted by Crippen LogP contribution is 2.31. The lowest BCUT2D eigenvalue weighted by atomic mass is 10.2. The molecule has 0 aliphatic rings. The summed E-state index contributed by atoms with van der Waals surface area (Å²) >= 11 is 5.81. The van der Waals surface area contributed by atoms with Gasteiger partial charge in [0.1, 0.15) is 6.54 Å². The number of alkyl halides is 3. The molecule has 0 aliphatic carbocycles. The normalized spacial score (nSPS) is 12.4. The minimum Gasteiger partial charge on any atom is -0.333 e. The molecule has 2 aromatic rings. The molecular weight excluding hydrogens is 255 g/mol. The number of hydrogen-bond donors (Lipinski definition) is 0. The Kier molecular flexibility index (Phi) is 2.77. The fourth-order valence-electron chi connectivity index (χ4n) is 1.83. The second-order valence-corrected chi connectivity index (χ2v) is 4.17. The van der Waals surface area contributed by atoms with E-state index in [4.69, 9.17) is 11.6 Å². The Morgan fingerprint density at radius 3 is 2.59 bits per heavy atom. The fraction of sp³-hybridized carbons (Fsp3) is 0.400. The summed E-state index contributed by atoms with van der Waals surface area (Å²) in [7, 11) is 0. The molecule has 0 amide bonds. The van der Waals surface area contributed by atoms with E-state index in [1.54, 1.807) is 13.8 Å². The molecule has 0 saturated heterocycles. The van der Waals surface area contributed by atoms with Gasteiger partial charge in [-0.2, -0.15) is 18.3 Å². The average molecular weight is 264 g/mol. The van der Waals surface area contributed by atoms with Gasteiger partial charge in [0.25, 0.3) is 0 Å². The van der Waals surface area contributed by atoms with Gasteiger partial charge < -0.3 is 4.57 Å². The molecular formula is C10H9ClF3N3. The summed E-state index contributed by atoms with van der Waals surface area (Å²) in [6.07, 6.45) is -2.87. The van der Waals surface area contributed by atoms with E-state index in [-0.39, 0.29) is 10.7 Å². The first-order valence-corrected chi connectivity index (χ1v) is 5.22. The molecule has 17 heavy (non-hydrogen) atoms. The van der Waals surface area contributed by atoms with Crippen LogP contribution in [0.1, 0.15) is 11.3 Å². The maximum absolute atomic E-state index is 12.5. The molecule has 0 saturated carbocycles. The van der Waals surface area contributed by atoms with Gasteiger partial charge >= 0.3 is 6.18 Å². The van der Waals surface area contributed by atoms with Crippen LogP contribution in [0, 0.1) is 13.8 Å². The van der Waals surface area contributed by atoms with Gasteiger partial charge in [-0.25, -0.2) is 0 Å². The lowest BCUT2D eigenvalue weighted by molar-refractivity contribution is -0.140. The second kappa shape index (κ2) is 3.87. The highest BCUT2D eigenvalue weighted by Gasteiger charge is 2.30. The first kappa shape index (κ1) is 12.2. The lowest BCUT2D eigenvalue weighted by Gasteiger charge is -2.11. The molecule has 2 heterocycles. The third-order valence-electron chi connectivity index (χ3n) is 2.74. The second-order valence-electron chi connectivity index (χ2n) is 3.81. The predicted octanol–water partition coefficient (Wildman–Crippen LogP) is 3.26. The van der Waals surface area contributed by atoms with Gasteiger partial charge in [0.2, 0.25) is 0 Å². The van der Waals surface area contributed by atoms with Crippen LogP contribution in [-0.4, -0.2) is 20.9 Å². The van der Waals surface area contributed by atoms with E-state index in [9.17, 15) is 13.2 Å². The summed E-state index contributed by atoms with van der Waals surface area (Å²) in [5, 5.41) is 7.82. The Morgan fingerprint density at radius 1 is 1.35 bits per heavy atom. The minimum atomic E-state index is -4.30. The van der Waals surface area contributed by atoms with Gasteiger partial charge in [-0.3, -0.25) is 0 Å². The predicted molar refractivity (Wildman–Crippen MR) is 58.1 cm³/mol. The fourth-order valence-corrected chi connectivity index (χ4v) is 2.08. The van der Waals surface area contributed by atoms with Crippen LogP contribution in [0.25, 0.3) is 10.9 Å². The van der Waals surface area contributed by atoms with Crippen molar-refractivity contribution in [1.29, 1.82) is 0 Å². The molecule has 7 heteroatoms. The topological polar surface area (TPSA) is 30.7 Å². The van der Waals surface area contributed by atoms with Crippen LogP contribution in [0.2, 0.25) is 5.15 Å². The molecule has 0 unspecified atom stereocenters. The zero-order valence-electron chi connectivity index (χ0n) is 9.14. The number of nitrogens with zero attached hydrogens (tertiary/aromatic N) is 3. The van der Waals surface area contributed by atoms with Crippen LogP contribution in [0.3, 0.4) is 0 Å². The molecule has 0 atom stereocenters. The maximum Gasteiger partial charge on any atom is 0.406 e.